The van der Waals surface area contributed by atoms with Gasteiger partial charge in [-0.25, -0.2) is 4.98 Å². The minimum atomic E-state index is -0.0909. The topological polar surface area (TPSA) is 323 Å². The number of hydrogen-bond donors (Lipinski definition) is 7. The zero-order chi connectivity index (χ0) is 23.5. The lowest BCUT2D eigenvalue weighted by Gasteiger charge is -2.09. The van der Waals surface area contributed by atoms with Crippen molar-refractivity contribution in [2.75, 3.05) is 39.7 Å². The van der Waals surface area contributed by atoms with E-state index in [0.717, 1.165) is 0 Å². The van der Waals surface area contributed by atoms with Crippen LogP contribution in [0, 0.1) is 0 Å². The highest BCUT2D eigenvalue weighted by Crippen LogP contribution is 2.14. The highest BCUT2D eigenvalue weighted by atomic mass is 15.3. The zero-order valence-corrected chi connectivity index (χ0v) is 16.7. The minimum absolute atomic E-state index is 0.0189. The van der Waals surface area contributed by atoms with Crippen LogP contribution in [-0.2, 0) is 12.8 Å². The van der Waals surface area contributed by atoms with Gasteiger partial charge in [0.15, 0.2) is 0 Å². The molecule has 0 amide bonds. The van der Waals surface area contributed by atoms with E-state index < -0.39 is 0 Å². The normalized spacial score (nSPS) is 10.8. The Bertz CT molecular complexity index is 1090. The van der Waals surface area contributed by atoms with Crippen LogP contribution in [0.1, 0.15) is 23.3 Å². The SMILES string of the molecule is Nc1nc(N)nc(Cc2nc(Cc3nc(N)nc(N)n3)nc(Nc3nc(N)nc(N)n3)n2)n1. The van der Waals surface area contributed by atoms with Gasteiger partial charge in [0.2, 0.25) is 47.6 Å². The second-order valence-corrected chi connectivity index (χ2v) is 6.28. The van der Waals surface area contributed by atoms with Crippen LogP contribution in [0.15, 0.2) is 0 Å². The van der Waals surface area contributed by atoms with Gasteiger partial charge < -0.3 is 34.4 Å². The smallest absolute Gasteiger partial charge is 0.236 e. The lowest BCUT2D eigenvalue weighted by atomic mass is 10.3. The molecular weight excluding hydrogens is 434 g/mol. The van der Waals surface area contributed by atoms with Crippen LogP contribution < -0.4 is 39.7 Å². The Morgan fingerprint density at radius 1 is 0.364 bits per heavy atom. The number of aromatic nitrogens is 12. The molecule has 19 nitrogen and oxygen atoms in total. The molecule has 4 rings (SSSR count). The predicted molar refractivity (Wildman–Crippen MR) is 115 cm³/mol. The molecule has 0 aliphatic heterocycles. The second-order valence-electron chi connectivity index (χ2n) is 6.28. The van der Waals surface area contributed by atoms with Crippen LogP contribution in [0.25, 0.3) is 0 Å². The Morgan fingerprint density at radius 2 is 0.667 bits per heavy atom. The fourth-order valence-electron chi connectivity index (χ4n) is 2.60. The predicted octanol–water partition coefficient (Wildman–Crippen LogP) is -3.16. The maximum atomic E-state index is 5.63. The van der Waals surface area contributed by atoms with E-state index in [1.807, 2.05) is 0 Å². The molecule has 168 valence electrons. The number of anilines is 8. The summed E-state index contributed by atoms with van der Waals surface area (Å²) in [5.74, 6) is 0.698. The van der Waals surface area contributed by atoms with Gasteiger partial charge in [0.05, 0.1) is 12.8 Å². The first-order valence-electron chi connectivity index (χ1n) is 9.01. The van der Waals surface area contributed by atoms with Crippen LogP contribution in [0.2, 0.25) is 0 Å². The number of nitrogens with one attached hydrogen (secondary N) is 1. The number of nitrogens with zero attached hydrogens (tertiary/aromatic N) is 12. The zero-order valence-electron chi connectivity index (χ0n) is 16.7. The Hall–Kier alpha value is -5.36. The number of rotatable bonds is 6. The summed E-state index contributed by atoms with van der Waals surface area (Å²) >= 11 is 0. The van der Waals surface area contributed by atoms with Gasteiger partial charge in [-0.05, 0) is 0 Å². The number of hydrogen-bond acceptors (Lipinski definition) is 19. The molecule has 0 aromatic carbocycles. The molecule has 4 aromatic heterocycles. The first-order valence-corrected chi connectivity index (χ1v) is 9.01. The second kappa shape index (κ2) is 8.41. The van der Waals surface area contributed by atoms with Crippen LogP contribution in [0.4, 0.5) is 47.6 Å². The van der Waals surface area contributed by atoms with E-state index >= 15 is 0 Å². The molecule has 4 heterocycles. The van der Waals surface area contributed by atoms with E-state index in [2.05, 4.69) is 65.1 Å². The summed E-state index contributed by atoms with van der Waals surface area (Å²) in [4.78, 5) is 48.2. The molecule has 0 saturated heterocycles. The van der Waals surface area contributed by atoms with Gasteiger partial charge in [0.25, 0.3) is 0 Å². The van der Waals surface area contributed by atoms with Crippen molar-refractivity contribution in [3.05, 3.63) is 23.3 Å². The molecule has 13 N–H and O–H groups in total. The summed E-state index contributed by atoms with van der Waals surface area (Å²) in [7, 11) is 0. The van der Waals surface area contributed by atoms with Crippen molar-refractivity contribution in [1.82, 2.24) is 59.8 Å². The van der Waals surface area contributed by atoms with Gasteiger partial charge in [-0.3, -0.25) is 5.32 Å². The lowest BCUT2D eigenvalue weighted by molar-refractivity contribution is 0.804. The molecule has 0 unspecified atom stereocenters. The summed E-state index contributed by atoms with van der Waals surface area (Å²) in [6.07, 6.45) is 0.0914. The van der Waals surface area contributed by atoms with Gasteiger partial charge in [0, 0.05) is 0 Å². The van der Waals surface area contributed by atoms with Gasteiger partial charge in [0.1, 0.15) is 23.3 Å². The van der Waals surface area contributed by atoms with E-state index in [-0.39, 0.29) is 83.7 Å². The van der Waals surface area contributed by atoms with E-state index in [4.69, 9.17) is 34.4 Å². The molecule has 0 radical (unpaired) electrons. The van der Waals surface area contributed by atoms with Crippen molar-refractivity contribution in [1.29, 1.82) is 0 Å². The maximum absolute atomic E-state index is 5.63. The van der Waals surface area contributed by atoms with Crippen LogP contribution in [0.3, 0.4) is 0 Å². The molecule has 0 aliphatic rings. The van der Waals surface area contributed by atoms with E-state index in [0.29, 0.717) is 0 Å². The molecule has 4 aromatic rings. The first kappa shape index (κ1) is 20.9. The highest BCUT2D eigenvalue weighted by Gasteiger charge is 2.14. The fourth-order valence-corrected chi connectivity index (χ4v) is 2.60. The number of nitrogen functional groups attached to an aromatic ring is 6. The van der Waals surface area contributed by atoms with Crippen LogP contribution >= 0.6 is 0 Å². The molecule has 0 bridgehead atoms. The van der Waals surface area contributed by atoms with Gasteiger partial charge >= 0.3 is 0 Å². The molecule has 19 heteroatoms. The number of nitrogens with two attached hydrogens (primary N) is 6. The maximum Gasteiger partial charge on any atom is 0.236 e. The van der Waals surface area contributed by atoms with Gasteiger partial charge in [-0.1, -0.05) is 0 Å². The Labute approximate surface area is 184 Å². The molecule has 0 spiro atoms. The minimum Gasteiger partial charge on any atom is -0.368 e. The van der Waals surface area contributed by atoms with Crippen molar-refractivity contribution >= 4 is 47.6 Å². The van der Waals surface area contributed by atoms with Crippen molar-refractivity contribution in [3.63, 3.8) is 0 Å². The Balaban J connectivity index is 1.71. The van der Waals surface area contributed by atoms with Gasteiger partial charge in [-0.15, -0.1) is 0 Å². The van der Waals surface area contributed by atoms with Crippen molar-refractivity contribution < 1.29 is 0 Å². The van der Waals surface area contributed by atoms with Crippen molar-refractivity contribution in [2.45, 2.75) is 12.8 Å². The lowest BCUT2D eigenvalue weighted by Crippen LogP contribution is -2.14. The molecule has 0 atom stereocenters. The van der Waals surface area contributed by atoms with E-state index in [1.165, 1.54) is 0 Å². The van der Waals surface area contributed by atoms with Gasteiger partial charge in [-0.2, -0.15) is 54.8 Å². The average molecular weight is 451 g/mol. The summed E-state index contributed by atoms with van der Waals surface area (Å²) in [6, 6.07) is 0. The van der Waals surface area contributed by atoms with Crippen molar-refractivity contribution in [2.24, 2.45) is 0 Å². The summed E-state index contributed by atoms with van der Waals surface area (Å²) in [6.45, 7) is 0. The van der Waals surface area contributed by atoms with E-state index in [1.54, 1.807) is 0 Å². The summed E-state index contributed by atoms with van der Waals surface area (Å²) < 4.78 is 0. The van der Waals surface area contributed by atoms with Crippen molar-refractivity contribution in [3.8, 4) is 0 Å². The summed E-state index contributed by atoms with van der Waals surface area (Å²) in [5, 5.41) is 2.79. The highest BCUT2D eigenvalue weighted by molar-refractivity contribution is 5.46. The van der Waals surface area contributed by atoms with E-state index in [9.17, 15) is 0 Å². The van der Waals surface area contributed by atoms with Crippen LogP contribution in [0.5, 0.6) is 0 Å². The third-order valence-corrected chi connectivity index (χ3v) is 3.69. The molecular formula is C14H17N19. The first-order chi connectivity index (χ1) is 15.7. The summed E-state index contributed by atoms with van der Waals surface area (Å²) in [5.41, 5.74) is 33.7. The third-order valence-electron chi connectivity index (χ3n) is 3.69. The Morgan fingerprint density at radius 3 is 1.06 bits per heavy atom. The Kier molecular flexibility index (Phi) is 5.32. The quantitative estimate of drug-likeness (QED) is 0.152. The average Bonchev–Trinajstić information content (AvgIpc) is 2.65. The molecule has 0 aliphatic carbocycles. The fraction of sp³-hybridized carbons (Fsp3) is 0.143. The largest absolute Gasteiger partial charge is 0.368 e. The molecule has 0 fully saturated rings. The monoisotopic (exact) mass is 451 g/mol. The standard InChI is InChI=1S/C14H17N19/c15-7-22-5(23-8(16)28-7)1-3-21-4(2-6-24-9(17)29-10(18)25-6)27-13(26-3)33-14-31-11(19)30-12(20)32-14/h1-2H2,(H4,15,16,22,23,28)(H4,17,18,24,25,29)(H5,19,20,21,26,27,30,31,32,33). The molecule has 0 saturated carbocycles. The molecule has 33 heavy (non-hydrogen) atoms. The van der Waals surface area contributed by atoms with Crippen LogP contribution in [-0.4, -0.2) is 59.8 Å². The third kappa shape index (κ3) is 5.42.